The van der Waals surface area contributed by atoms with E-state index in [-0.39, 0.29) is 5.91 Å². The van der Waals surface area contributed by atoms with Gasteiger partial charge in [0.25, 0.3) is 5.91 Å². The minimum atomic E-state index is 0.0131. The molecule has 0 saturated carbocycles. The molecule has 0 saturated heterocycles. The highest BCUT2D eigenvalue weighted by atomic mass is 127. The summed E-state index contributed by atoms with van der Waals surface area (Å²) in [5.74, 6) is 0.0131. The Morgan fingerprint density at radius 2 is 2.00 bits per heavy atom. The summed E-state index contributed by atoms with van der Waals surface area (Å²) in [6.07, 6.45) is 1.66. The highest BCUT2D eigenvalue weighted by molar-refractivity contribution is 14.1. The van der Waals surface area contributed by atoms with E-state index in [2.05, 4.69) is 27.6 Å². The number of nitrogens with zero attached hydrogens (tertiary/aromatic N) is 2. The van der Waals surface area contributed by atoms with Gasteiger partial charge in [0.1, 0.15) is 3.70 Å². The van der Waals surface area contributed by atoms with Gasteiger partial charge >= 0.3 is 0 Å². The van der Waals surface area contributed by atoms with E-state index in [1.54, 1.807) is 23.2 Å². The summed E-state index contributed by atoms with van der Waals surface area (Å²) >= 11 is 2.10. The van der Waals surface area contributed by atoms with Gasteiger partial charge in [0.05, 0.1) is 0 Å². The standard InChI is InChI=1S/C14H13IN2O/c1-17(10-11-5-3-2-4-6-11)14(18)12-7-8-16-13(15)9-12/h2-9H,10H2,1H3. The summed E-state index contributed by atoms with van der Waals surface area (Å²) in [6, 6.07) is 13.5. The molecule has 3 nitrogen and oxygen atoms in total. The predicted octanol–water partition coefficient (Wildman–Crippen LogP) is 2.96. The number of amides is 1. The first-order valence-electron chi connectivity index (χ1n) is 5.58. The molecule has 2 aromatic rings. The van der Waals surface area contributed by atoms with Gasteiger partial charge in [0.15, 0.2) is 0 Å². The second-order valence-corrected chi connectivity index (χ2v) is 5.12. The number of aromatic nitrogens is 1. The lowest BCUT2D eigenvalue weighted by atomic mass is 10.2. The topological polar surface area (TPSA) is 33.2 Å². The van der Waals surface area contributed by atoms with Crippen molar-refractivity contribution in [2.45, 2.75) is 6.54 Å². The van der Waals surface area contributed by atoms with Crippen molar-refractivity contribution in [2.24, 2.45) is 0 Å². The van der Waals surface area contributed by atoms with Gasteiger partial charge in [-0.1, -0.05) is 30.3 Å². The van der Waals surface area contributed by atoms with Gasteiger partial charge in [-0.2, -0.15) is 0 Å². The van der Waals surface area contributed by atoms with E-state index in [0.29, 0.717) is 12.1 Å². The molecule has 0 N–H and O–H groups in total. The van der Waals surface area contributed by atoms with Crippen LogP contribution in [-0.4, -0.2) is 22.8 Å². The normalized spacial score (nSPS) is 10.1. The molecule has 0 atom stereocenters. The molecule has 0 radical (unpaired) electrons. The van der Waals surface area contributed by atoms with Crippen molar-refractivity contribution in [1.82, 2.24) is 9.88 Å². The van der Waals surface area contributed by atoms with E-state index in [1.807, 2.05) is 37.4 Å². The van der Waals surface area contributed by atoms with Crippen molar-refractivity contribution in [3.8, 4) is 0 Å². The van der Waals surface area contributed by atoms with E-state index in [1.165, 1.54) is 0 Å². The predicted molar refractivity (Wildman–Crippen MR) is 79.2 cm³/mol. The maximum Gasteiger partial charge on any atom is 0.254 e. The Bertz CT molecular complexity index is 543. The maximum absolute atomic E-state index is 12.2. The van der Waals surface area contributed by atoms with Crippen LogP contribution in [-0.2, 0) is 6.54 Å². The molecule has 1 aromatic heterocycles. The molecule has 1 heterocycles. The molecule has 18 heavy (non-hydrogen) atoms. The molecule has 4 heteroatoms. The van der Waals surface area contributed by atoms with Crippen LogP contribution in [0.5, 0.6) is 0 Å². The van der Waals surface area contributed by atoms with Gasteiger partial charge in [-0.15, -0.1) is 0 Å². The fourth-order valence-corrected chi connectivity index (χ4v) is 2.18. The van der Waals surface area contributed by atoms with Crippen LogP contribution in [0.25, 0.3) is 0 Å². The smallest absolute Gasteiger partial charge is 0.254 e. The third-order valence-electron chi connectivity index (χ3n) is 2.58. The van der Waals surface area contributed by atoms with Crippen molar-refractivity contribution >= 4 is 28.5 Å². The van der Waals surface area contributed by atoms with E-state index in [0.717, 1.165) is 9.26 Å². The van der Waals surface area contributed by atoms with Crippen LogP contribution < -0.4 is 0 Å². The quantitative estimate of drug-likeness (QED) is 0.629. The first-order valence-corrected chi connectivity index (χ1v) is 6.65. The molecule has 0 aliphatic rings. The Kier molecular flexibility index (Phi) is 4.30. The number of carbonyl (C=O) groups excluding carboxylic acids is 1. The van der Waals surface area contributed by atoms with Crippen molar-refractivity contribution in [1.29, 1.82) is 0 Å². The number of carbonyl (C=O) groups is 1. The van der Waals surface area contributed by atoms with Gasteiger partial charge in [-0.05, 0) is 40.3 Å². The average molecular weight is 352 g/mol. The number of pyridine rings is 1. The Hall–Kier alpha value is -1.43. The van der Waals surface area contributed by atoms with E-state index in [9.17, 15) is 4.79 Å². The molecule has 0 aliphatic heterocycles. The molecule has 0 spiro atoms. The molecular weight excluding hydrogens is 339 g/mol. The van der Waals surface area contributed by atoms with Crippen LogP contribution in [0, 0.1) is 3.70 Å². The molecule has 0 aliphatic carbocycles. The first-order chi connectivity index (χ1) is 8.66. The molecule has 1 amide bonds. The average Bonchev–Trinajstić information content (AvgIpc) is 2.39. The van der Waals surface area contributed by atoms with Crippen molar-refractivity contribution in [3.05, 3.63) is 63.5 Å². The van der Waals surface area contributed by atoms with Gasteiger partial charge in [-0.3, -0.25) is 9.78 Å². The van der Waals surface area contributed by atoms with Gasteiger partial charge in [0, 0.05) is 25.4 Å². The minimum Gasteiger partial charge on any atom is -0.337 e. The lowest BCUT2D eigenvalue weighted by Crippen LogP contribution is -2.26. The maximum atomic E-state index is 12.2. The molecular formula is C14H13IN2O. The summed E-state index contributed by atoms with van der Waals surface area (Å²) in [5, 5.41) is 0. The van der Waals surface area contributed by atoms with E-state index >= 15 is 0 Å². The number of benzene rings is 1. The number of hydrogen-bond donors (Lipinski definition) is 0. The van der Waals surface area contributed by atoms with Crippen LogP contribution in [0.15, 0.2) is 48.7 Å². The zero-order valence-electron chi connectivity index (χ0n) is 10.0. The molecule has 1 aromatic carbocycles. The lowest BCUT2D eigenvalue weighted by Gasteiger charge is -2.17. The summed E-state index contributed by atoms with van der Waals surface area (Å²) < 4.78 is 0.826. The zero-order valence-corrected chi connectivity index (χ0v) is 12.2. The van der Waals surface area contributed by atoms with Crippen LogP contribution in [0.4, 0.5) is 0 Å². The fourth-order valence-electron chi connectivity index (χ4n) is 1.68. The largest absolute Gasteiger partial charge is 0.337 e. The highest BCUT2D eigenvalue weighted by Gasteiger charge is 2.12. The second-order valence-electron chi connectivity index (χ2n) is 4.01. The summed E-state index contributed by atoms with van der Waals surface area (Å²) in [7, 11) is 1.81. The third kappa shape index (κ3) is 3.29. The van der Waals surface area contributed by atoms with Crippen molar-refractivity contribution < 1.29 is 4.79 Å². The molecule has 0 fully saturated rings. The Morgan fingerprint density at radius 1 is 1.28 bits per heavy atom. The monoisotopic (exact) mass is 352 g/mol. The van der Waals surface area contributed by atoms with Gasteiger partial charge in [0.2, 0.25) is 0 Å². The Morgan fingerprint density at radius 3 is 2.67 bits per heavy atom. The van der Waals surface area contributed by atoms with Crippen LogP contribution in [0.3, 0.4) is 0 Å². The van der Waals surface area contributed by atoms with Crippen LogP contribution in [0.2, 0.25) is 0 Å². The molecule has 92 valence electrons. The summed E-state index contributed by atoms with van der Waals surface area (Å²) in [5.41, 5.74) is 1.80. The lowest BCUT2D eigenvalue weighted by molar-refractivity contribution is 0.0785. The molecule has 0 bridgehead atoms. The van der Waals surface area contributed by atoms with E-state index in [4.69, 9.17) is 0 Å². The number of halogens is 1. The van der Waals surface area contributed by atoms with Gasteiger partial charge in [-0.25, -0.2) is 0 Å². The van der Waals surface area contributed by atoms with Crippen molar-refractivity contribution in [2.75, 3.05) is 7.05 Å². The zero-order chi connectivity index (χ0) is 13.0. The molecule has 2 rings (SSSR count). The summed E-state index contributed by atoms with van der Waals surface area (Å²) in [4.78, 5) is 18.0. The van der Waals surface area contributed by atoms with Crippen LogP contribution in [0.1, 0.15) is 15.9 Å². The second kappa shape index (κ2) is 5.95. The number of rotatable bonds is 3. The van der Waals surface area contributed by atoms with Crippen molar-refractivity contribution in [3.63, 3.8) is 0 Å². The summed E-state index contributed by atoms with van der Waals surface area (Å²) in [6.45, 7) is 0.610. The Balaban J connectivity index is 2.10. The minimum absolute atomic E-state index is 0.0131. The number of hydrogen-bond acceptors (Lipinski definition) is 2. The first kappa shape index (κ1) is 13.0. The molecule has 0 unspecified atom stereocenters. The SMILES string of the molecule is CN(Cc1ccccc1)C(=O)c1ccnc(I)c1. The third-order valence-corrected chi connectivity index (χ3v) is 3.17. The highest BCUT2D eigenvalue weighted by Crippen LogP contribution is 2.10. The van der Waals surface area contributed by atoms with Crippen LogP contribution >= 0.6 is 22.6 Å². The van der Waals surface area contributed by atoms with Gasteiger partial charge < -0.3 is 4.90 Å². The van der Waals surface area contributed by atoms with E-state index < -0.39 is 0 Å². The fraction of sp³-hybridized carbons (Fsp3) is 0.143. The Labute approximate surface area is 120 Å².